The third-order valence-electron chi connectivity index (χ3n) is 3.56. The summed E-state index contributed by atoms with van der Waals surface area (Å²) < 4.78 is 5.48. The van der Waals surface area contributed by atoms with Crippen LogP contribution in [0.25, 0.3) is 0 Å². The Morgan fingerprint density at radius 1 is 1.41 bits per heavy atom. The van der Waals surface area contributed by atoms with Crippen LogP contribution in [0.3, 0.4) is 0 Å². The molecule has 7 heteroatoms. The van der Waals surface area contributed by atoms with E-state index < -0.39 is 12.0 Å². The van der Waals surface area contributed by atoms with Crippen molar-refractivity contribution in [3.8, 4) is 0 Å². The molecule has 0 bridgehead atoms. The van der Waals surface area contributed by atoms with Crippen molar-refractivity contribution in [3.05, 3.63) is 35.9 Å². The maximum atomic E-state index is 12.6. The molecule has 6 nitrogen and oxygen atoms in total. The van der Waals surface area contributed by atoms with E-state index in [1.807, 2.05) is 37.3 Å². The SMILES string of the molecule is C[C@H](c1ccccc1)N(CC(N)=O)C(=O)C1CNCCO1.Cl. The lowest BCUT2D eigenvalue weighted by Gasteiger charge is -2.33. The molecule has 1 aliphatic rings. The van der Waals surface area contributed by atoms with Gasteiger partial charge in [-0.05, 0) is 12.5 Å². The van der Waals surface area contributed by atoms with E-state index in [9.17, 15) is 9.59 Å². The van der Waals surface area contributed by atoms with Crippen LogP contribution in [0.4, 0.5) is 0 Å². The molecule has 1 heterocycles. The summed E-state index contributed by atoms with van der Waals surface area (Å²) in [6.45, 7) is 3.44. The van der Waals surface area contributed by atoms with Gasteiger partial charge in [-0.25, -0.2) is 0 Å². The largest absolute Gasteiger partial charge is 0.368 e. The van der Waals surface area contributed by atoms with E-state index in [4.69, 9.17) is 10.5 Å². The molecular formula is C15H22ClN3O3. The van der Waals surface area contributed by atoms with Gasteiger partial charge in [0.1, 0.15) is 6.10 Å². The van der Waals surface area contributed by atoms with Gasteiger partial charge in [-0.1, -0.05) is 30.3 Å². The summed E-state index contributed by atoms with van der Waals surface area (Å²) in [7, 11) is 0. The number of nitrogens with two attached hydrogens (primary N) is 1. The van der Waals surface area contributed by atoms with Crippen molar-refractivity contribution >= 4 is 24.2 Å². The third kappa shape index (κ3) is 4.69. The third-order valence-corrected chi connectivity index (χ3v) is 3.56. The van der Waals surface area contributed by atoms with Gasteiger partial charge in [0.25, 0.3) is 5.91 Å². The van der Waals surface area contributed by atoms with Crippen LogP contribution < -0.4 is 11.1 Å². The average molecular weight is 328 g/mol. The van der Waals surface area contributed by atoms with Crippen LogP contribution in [0.1, 0.15) is 18.5 Å². The average Bonchev–Trinajstić information content (AvgIpc) is 2.53. The molecule has 0 spiro atoms. The van der Waals surface area contributed by atoms with Crippen LogP contribution in [0.15, 0.2) is 30.3 Å². The lowest BCUT2D eigenvalue weighted by Crippen LogP contribution is -2.51. The maximum Gasteiger partial charge on any atom is 0.254 e. The van der Waals surface area contributed by atoms with Crippen LogP contribution in [0.5, 0.6) is 0 Å². The van der Waals surface area contributed by atoms with E-state index in [0.717, 1.165) is 12.1 Å². The van der Waals surface area contributed by atoms with E-state index in [1.165, 1.54) is 4.90 Å². The first-order chi connectivity index (χ1) is 10.1. The molecule has 22 heavy (non-hydrogen) atoms. The second kappa shape index (κ2) is 8.73. The normalized spacial score (nSPS) is 18.9. The van der Waals surface area contributed by atoms with Crippen LogP contribution in [0.2, 0.25) is 0 Å². The summed E-state index contributed by atoms with van der Waals surface area (Å²) in [4.78, 5) is 25.4. The standard InChI is InChI=1S/C15H21N3O3.ClH/c1-11(12-5-3-2-4-6-12)18(10-14(16)19)15(20)13-9-17-7-8-21-13;/h2-6,11,13,17H,7-10H2,1H3,(H2,16,19);1H/t11-,13?;/m1./s1. The molecule has 3 N–H and O–H groups in total. The smallest absolute Gasteiger partial charge is 0.254 e. The Morgan fingerprint density at radius 3 is 2.64 bits per heavy atom. The topological polar surface area (TPSA) is 84.7 Å². The number of ether oxygens (including phenoxy) is 1. The van der Waals surface area contributed by atoms with Gasteiger partial charge in [-0.2, -0.15) is 0 Å². The molecule has 0 aromatic heterocycles. The zero-order chi connectivity index (χ0) is 15.2. The Balaban J connectivity index is 0.00000242. The van der Waals surface area contributed by atoms with Crippen molar-refractivity contribution in [2.75, 3.05) is 26.2 Å². The lowest BCUT2D eigenvalue weighted by molar-refractivity contribution is -0.149. The number of carbonyl (C=O) groups excluding carboxylic acids is 2. The summed E-state index contributed by atoms with van der Waals surface area (Å²) in [6.07, 6.45) is -0.565. The molecule has 1 saturated heterocycles. The molecule has 1 aromatic rings. The highest BCUT2D eigenvalue weighted by Crippen LogP contribution is 2.21. The Bertz CT molecular complexity index is 492. The second-order valence-corrected chi connectivity index (χ2v) is 5.08. The first-order valence-electron chi connectivity index (χ1n) is 7.05. The lowest BCUT2D eigenvalue weighted by atomic mass is 10.1. The molecule has 2 amide bonds. The second-order valence-electron chi connectivity index (χ2n) is 5.08. The molecule has 122 valence electrons. The molecule has 2 atom stereocenters. The van der Waals surface area contributed by atoms with Crippen molar-refractivity contribution in [2.24, 2.45) is 5.73 Å². The fourth-order valence-corrected chi connectivity index (χ4v) is 2.39. The number of rotatable bonds is 5. The van der Waals surface area contributed by atoms with Gasteiger partial charge in [0, 0.05) is 13.1 Å². The molecule has 1 unspecified atom stereocenters. The quantitative estimate of drug-likeness (QED) is 0.823. The number of morpholine rings is 1. The van der Waals surface area contributed by atoms with Crippen LogP contribution in [-0.4, -0.2) is 49.1 Å². The van der Waals surface area contributed by atoms with Crippen LogP contribution in [0, 0.1) is 0 Å². The fourth-order valence-electron chi connectivity index (χ4n) is 2.39. The van der Waals surface area contributed by atoms with E-state index in [0.29, 0.717) is 13.2 Å². The highest BCUT2D eigenvalue weighted by Gasteiger charge is 2.31. The van der Waals surface area contributed by atoms with Crippen molar-refractivity contribution < 1.29 is 14.3 Å². The number of primary amides is 1. The summed E-state index contributed by atoms with van der Waals surface area (Å²) >= 11 is 0. The molecular weight excluding hydrogens is 306 g/mol. The molecule has 1 fully saturated rings. The Hall–Kier alpha value is -1.63. The van der Waals surface area contributed by atoms with Gasteiger partial charge in [0.15, 0.2) is 0 Å². The zero-order valence-corrected chi connectivity index (χ0v) is 13.3. The predicted molar refractivity (Wildman–Crippen MR) is 85.6 cm³/mol. The molecule has 1 aliphatic heterocycles. The zero-order valence-electron chi connectivity index (χ0n) is 12.5. The minimum absolute atomic E-state index is 0. The number of nitrogens with zero attached hydrogens (tertiary/aromatic N) is 1. The number of halogens is 1. The molecule has 0 radical (unpaired) electrons. The van der Waals surface area contributed by atoms with Gasteiger partial charge in [-0.15, -0.1) is 12.4 Å². The number of carbonyl (C=O) groups is 2. The Labute approximate surface area is 136 Å². The minimum atomic E-state index is -0.565. The fraction of sp³-hybridized carbons (Fsp3) is 0.467. The van der Waals surface area contributed by atoms with Gasteiger partial charge in [0.05, 0.1) is 19.2 Å². The first kappa shape index (κ1) is 18.4. The van der Waals surface area contributed by atoms with Gasteiger partial charge < -0.3 is 20.7 Å². The van der Waals surface area contributed by atoms with Crippen molar-refractivity contribution in [3.63, 3.8) is 0 Å². The molecule has 0 saturated carbocycles. The molecule has 2 rings (SSSR count). The number of amides is 2. The van der Waals surface area contributed by atoms with Gasteiger partial charge in [0.2, 0.25) is 5.91 Å². The van der Waals surface area contributed by atoms with Gasteiger partial charge >= 0.3 is 0 Å². The Morgan fingerprint density at radius 2 is 2.09 bits per heavy atom. The summed E-state index contributed by atoms with van der Waals surface area (Å²) in [5.41, 5.74) is 6.24. The first-order valence-corrected chi connectivity index (χ1v) is 7.05. The molecule has 0 aliphatic carbocycles. The van der Waals surface area contributed by atoms with E-state index in [2.05, 4.69) is 5.32 Å². The van der Waals surface area contributed by atoms with E-state index in [1.54, 1.807) is 0 Å². The van der Waals surface area contributed by atoms with Gasteiger partial charge in [-0.3, -0.25) is 9.59 Å². The van der Waals surface area contributed by atoms with Crippen molar-refractivity contribution in [1.82, 2.24) is 10.2 Å². The number of benzene rings is 1. The monoisotopic (exact) mass is 327 g/mol. The number of hydrogen-bond donors (Lipinski definition) is 2. The van der Waals surface area contributed by atoms with E-state index in [-0.39, 0.29) is 30.9 Å². The van der Waals surface area contributed by atoms with Crippen molar-refractivity contribution in [1.29, 1.82) is 0 Å². The molecule has 1 aromatic carbocycles. The minimum Gasteiger partial charge on any atom is -0.368 e. The van der Waals surface area contributed by atoms with Crippen LogP contribution >= 0.6 is 12.4 Å². The predicted octanol–water partition coefficient (Wildman–Crippen LogP) is 0.472. The van der Waals surface area contributed by atoms with E-state index >= 15 is 0 Å². The highest BCUT2D eigenvalue weighted by molar-refractivity contribution is 5.87. The number of nitrogens with one attached hydrogen (secondary N) is 1. The summed E-state index contributed by atoms with van der Waals surface area (Å²) in [5.74, 6) is -0.743. The Kier molecular flexibility index (Phi) is 7.31. The summed E-state index contributed by atoms with van der Waals surface area (Å²) in [6, 6.07) is 9.31. The van der Waals surface area contributed by atoms with Crippen LogP contribution in [-0.2, 0) is 14.3 Å². The number of hydrogen-bond acceptors (Lipinski definition) is 4. The highest BCUT2D eigenvalue weighted by atomic mass is 35.5. The summed E-state index contributed by atoms with van der Waals surface area (Å²) in [5, 5.41) is 3.11. The van der Waals surface area contributed by atoms with Crippen molar-refractivity contribution in [2.45, 2.75) is 19.1 Å². The maximum absolute atomic E-state index is 12.6.